The van der Waals surface area contributed by atoms with E-state index in [0.29, 0.717) is 0 Å². The molecule has 0 radical (unpaired) electrons. The first-order valence-electron chi connectivity index (χ1n) is 16.6. The van der Waals surface area contributed by atoms with Crippen LogP contribution >= 0.6 is 0 Å². The van der Waals surface area contributed by atoms with Crippen molar-refractivity contribution in [2.45, 2.75) is 64.8 Å². The minimum Gasteiger partial charge on any atom is -0.334 e. The van der Waals surface area contributed by atoms with Crippen LogP contribution < -0.4 is 9.80 Å². The van der Waals surface area contributed by atoms with E-state index in [2.05, 4.69) is 179 Å². The van der Waals surface area contributed by atoms with Crippen molar-refractivity contribution >= 4 is 22.7 Å². The lowest BCUT2D eigenvalue weighted by molar-refractivity contribution is 0.539. The molecule has 0 aromatic heterocycles. The number of anilines is 4. The second-order valence-electron chi connectivity index (χ2n) is 14.4. The highest BCUT2D eigenvalue weighted by atomic mass is 15.2. The van der Waals surface area contributed by atoms with E-state index in [9.17, 15) is 0 Å². The molecule has 5 aromatic rings. The number of benzene rings is 5. The molecule has 0 amide bonds. The predicted molar refractivity (Wildman–Crippen MR) is 195 cm³/mol. The van der Waals surface area contributed by atoms with Gasteiger partial charge < -0.3 is 9.80 Å². The Kier molecular flexibility index (Phi) is 6.45. The zero-order valence-corrected chi connectivity index (χ0v) is 27.8. The Morgan fingerprint density at radius 2 is 1.24 bits per heavy atom. The minimum atomic E-state index is -0.122. The largest absolute Gasteiger partial charge is 0.334 e. The summed E-state index contributed by atoms with van der Waals surface area (Å²) in [5.74, 6) is 0. The fourth-order valence-electron chi connectivity index (χ4n) is 8.40. The summed E-state index contributed by atoms with van der Waals surface area (Å²) in [6.07, 6.45) is 5.82. The van der Waals surface area contributed by atoms with Gasteiger partial charge >= 0.3 is 0 Å². The third-order valence-electron chi connectivity index (χ3n) is 10.7. The Morgan fingerprint density at radius 3 is 2.00 bits per heavy atom. The van der Waals surface area contributed by atoms with Crippen molar-refractivity contribution in [3.05, 3.63) is 167 Å². The SMILES string of the molecule is Cc1cc(C)cc(N(c2cccc(-c3ccccc3)c2)C2C=CC3=C(C2)C(C)(C)c2cccc4c2N3c2ccccc2C4(C)C)c1. The molecule has 0 fully saturated rings. The molecule has 46 heavy (non-hydrogen) atoms. The standard InChI is InChI=1S/C44H42N2/c1-29-24-30(2)26-35(25-29)45(33-17-12-16-32(27-33)31-14-8-7-9-15-31)34-22-23-41-39(28-34)44(5,6)38-20-13-19-37-42(38)46(41)40-21-11-10-18-36(40)43(37,3)4/h7-27,34H,28H2,1-6H3. The highest BCUT2D eigenvalue weighted by Crippen LogP contribution is 2.59. The summed E-state index contributed by atoms with van der Waals surface area (Å²) in [6.45, 7) is 14.1. The van der Waals surface area contributed by atoms with Gasteiger partial charge in [-0.25, -0.2) is 0 Å². The number of allylic oxidation sites excluding steroid dienone is 1. The average Bonchev–Trinajstić information content (AvgIpc) is 3.05. The maximum atomic E-state index is 2.58. The van der Waals surface area contributed by atoms with Crippen molar-refractivity contribution in [1.82, 2.24) is 0 Å². The van der Waals surface area contributed by atoms with Crippen LogP contribution in [0.1, 0.15) is 61.9 Å². The van der Waals surface area contributed by atoms with Crippen molar-refractivity contribution in [2.24, 2.45) is 0 Å². The number of hydrogen-bond donors (Lipinski definition) is 0. The van der Waals surface area contributed by atoms with E-state index in [0.717, 1.165) is 6.42 Å². The summed E-state index contributed by atoms with van der Waals surface area (Å²) >= 11 is 0. The lowest BCUT2D eigenvalue weighted by Gasteiger charge is -2.51. The average molecular weight is 599 g/mol. The summed E-state index contributed by atoms with van der Waals surface area (Å²) in [4.78, 5) is 5.15. The molecule has 2 nitrogen and oxygen atoms in total. The molecule has 3 aliphatic rings. The lowest BCUT2D eigenvalue weighted by atomic mass is 9.64. The van der Waals surface area contributed by atoms with Gasteiger partial charge in [0.05, 0.1) is 17.4 Å². The first kappa shape index (κ1) is 28.6. The molecule has 2 aliphatic heterocycles. The number of rotatable bonds is 4. The molecule has 2 heterocycles. The molecule has 1 atom stereocenters. The van der Waals surface area contributed by atoms with Gasteiger partial charge in [0.25, 0.3) is 0 Å². The maximum absolute atomic E-state index is 2.58. The molecule has 0 bridgehead atoms. The topological polar surface area (TPSA) is 6.48 Å². The van der Waals surface area contributed by atoms with Gasteiger partial charge in [-0.1, -0.05) is 119 Å². The summed E-state index contributed by atoms with van der Waals surface area (Å²) in [5.41, 5.74) is 17.0. The van der Waals surface area contributed by atoms with Crippen LogP contribution in [0.2, 0.25) is 0 Å². The third-order valence-corrected chi connectivity index (χ3v) is 10.7. The number of aryl methyl sites for hydroxylation is 2. The fourth-order valence-corrected chi connectivity index (χ4v) is 8.40. The second kappa shape index (κ2) is 10.4. The van der Waals surface area contributed by atoms with Crippen LogP contribution in [0, 0.1) is 13.8 Å². The summed E-state index contributed by atoms with van der Waals surface area (Å²) in [6, 6.07) is 42.9. The van der Waals surface area contributed by atoms with Crippen molar-refractivity contribution in [3.8, 4) is 11.1 Å². The quantitative estimate of drug-likeness (QED) is 0.203. The molecule has 0 N–H and O–H groups in total. The molecule has 0 saturated heterocycles. The van der Waals surface area contributed by atoms with Gasteiger partial charge in [0.2, 0.25) is 0 Å². The van der Waals surface area contributed by atoms with Gasteiger partial charge in [-0.2, -0.15) is 0 Å². The molecular formula is C44H42N2. The van der Waals surface area contributed by atoms with E-state index in [1.54, 1.807) is 0 Å². The Labute approximate surface area is 274 Å². The monoisotopic (exact) mass is 598 g/mol. The smallest absolute Gasteiger partial charge is 0.0564 e. The van der Waals surface area contributed by atoms with Gasteiger partial charge in [0.1, 0.15) is 0 Å². The van der Waals surface area contributed by atoms with E-state index >= 15 is 0 Å². The van der Waals surface area contributed by atoms with Gasteiger partial charge in [0.15, 0.2) is 0 Å². The first-order chi connectivity index (χ1) is 22.1. The molecule has 1 aliphatic carbocycles. The Hall–Kier alpha value is -4.82. The third kappa shape index (κ3) is 4.31. The second-order valence-corrected chi connectivity index (χ2v) is 14.4. The van der Waals surface area contributed by atoms with E-state index in [-0.39, 0.29) is 16.9 Å². The summed E-state index contributed by atoms with van der Waals surface area (Å²) < 4.78 is 0. The van der Waals surface area contributed by atoms with Crippen LogP contribution in [0.15, 0.2) is 139 Å². The van der Waals surface area contributed by atoms with Crippen LogP contribution in [0.4, 0.5) is 22.7 Å². The van der Waals surface area contributed by atoms with Gasteiger partial charge in [-0.3, -0.25) is 0 Å². The predicted octanol–water partition coefficient (Wildman–Crippen LogP) is 11.5. The van der Waals surface area contributed by atoms with Crippen LogP contribution in [-0.2, 0) is 10.8 Å². The minimum absolute atomic E-state index is 0.0723. The normalized spacial score (nSPS) is 18.5. The lowest BCUT2D eigenvalue weighted by Crippen LogP contribution is -2.43. The van der Waals surface area contributed by atoms with Gasteiger partial charge in [-0.15, -0.1) is 0 Å². The first-order valence-corrected chi connectivity index (χ1v) is 16.6. The zero-order valence-electron chi connectivity index (χ0n) is 27.8. The number of para-hydroxylation sites is 2. The van der Waals surface area contributed by atoms with E-state index in [1.165, 1.54) is 73.0 Å². The van der Waals surface area contributed by atoms with Crippen molar-refractivity contribution < 1.29 is 0 Å². The number of nitrogens with zero attached hydrogens (tertiary/aromatic N) is 2. The van der Waals surface area contributed by atoms with Crippen LogP contribution in [-0.4, -0.2) is 6.04 Å². The molecule has 8 rings (SSSR count). The van der Waals surface area contributed by atoms with Crippen molar-refractivity contribution in [2.75, 3.05) is 9.80 Å². The molecule has 228 valence electrons. The summed E-state index contributed by atoms with van der Waals surface area (Å²) in [7, 11) is 0. The van der Waals surface area contributed by atoms with Crippen LogP contribution in [0.25, 0.3) is 11.1 Å². The molecule has 0 saturated carbocycles. The molecule has 5 aromatic carbocycles. The summed E-state index contributed by atoms with van der Waals surface area (Å²) in [5, 5.41) is 0. The van der Waals surface area contributed by atoms with Crippen molar-refractivity contribution in [3.63, 3.8) is 0 Å². The van der Waals surface area contributed by atoms with Gasteiger partial charge in [0, 0.05) is 27.9 Å². The maximum Gasteiger partial charge on any atom is 0.0564 e. The van der Waals surface area contributed by atoms with E-state index in [1.807, 2.05) is 0 Å². The Morgan fingerprint density at radius 1 is 0.609 bits per heavy atom. The molecular weight excluding hydrogens is 556 g/mol. The van der Waals surface area contributed by atoms with Crippen molar-refractivity contribution in [1.29, 1.82) is 0 Å². The van der Waals surface area contributed by atoms with Gasteiger partial charge in [-0.05, 0) is 101 Å². The van der Waals surface area contributed by atoms with Crippen LogP contribution in [0.5, 0.6) is 0 Å². The Balaban J connectivity index is 1.29. The fraction of sp³-hybridized carbons (Fsp3) is 0.227. The number of hydrogen-bond acceptors (Lipinski definition) is 2. The Bertz CT molecular complexity index is 2040. The molecule has 0 spiro atoms. The van der Waals surface area contributed by atoms with Crippen LogP contribution in [0.3, 0.4) is 0 Å². The highest BCUT2D eigenvalue weighted by Gasteiger charge is 2.47. The zero-order chi connectivity index (χ0) is 31.8. The molecule has 1 unspecified atom stereocenters. The highest BCUT2D eigenvalue weighted by molar-refractivity contribution is 5.88. The number of fused-ring (bicyclic) bond motifs is 3. The molecule has 2 heteroatoms. The van der Waals surface area contributed by atoms with E-state index in [4.69, 9.17) is 0 Å². The van der Waals surface area contributed by atoms with E-state index < -0.39 is 0 Å².